The van der Waals surface area contributed by atoms with Gasteiger partial charge >= 0.3 is 5.97 Å². The molecule has 0 aliphatic carbocycles. The lowest BCUT2D eigenvalue weighted by Crippen LogP contribution is -2.52. The van der Waals surface area contributed by atoms with E-state index in [1.54, 1.807) is 74.7 Å². The van der Waals surface area contributed by atoms with Crippen molar-refractivity contribution < 1.29 is 22.7 Å². The van der Waals surface area contributed by atoms with Gasteiger partial charge in [-0.25, -0.2) is 13.4 Å². The van der Waals surface area contributed by atoms with Gasteiger partial charge in [-0.2, -0.15) is 4.72 Å². The smallest absolute Gasteiger partial charge is 0.309 e. The first-order chi connectivity index (χ1) is 16.9. The minimum absolute atomic E-state index is 0.0126. The molecule has 9 nitrogen and oxygen atoms in total. The van der Waals surface area contributed by atoms with Crippen LogP contribution in [0.25, 0.3) is 0 Å². The van der Waals surface area contributed by atoms with Gasteiger partial charge in [0.15, 0.2) is 5.13 Å². The lowest BCUT2D eigenvalue weighted by atomic mass is 10.1. The monoisotopic (exact) mass is 530 g/mol. The number of nitrogens with two attached hydrogens (primary N) is 1. The Kier molecular flexibility index (Phi) is 8.83. The Hall–Kier alpha value is -3.28. The van der Waals surface area contributed by atoms with Crippen molar-refractivity contribution >= 4 is 38.4 Å². The fraction of sp³-hybridized carbons (Fsp3) is 0.320. The van der Waals surface area contributed by atoms with Crippen molar-refractivity contribution in [3.05, 3.63) is 77.3 Å². The number of carbonyl (C=O) groups is 2. The molecule has 0 saturated heterocycles. The van der Waals surface area contributed by atoms with Gasteiger partial charge in [0.2, 0.25) is 10.0 Å². The third-order valence-electron chi connectivity index (χ3n) is 4.96. The van der Waals surface area contributed by atoms with Crippen molar-refractivity contribution in [1.29, 1.82) is 0 Å². The number of benzene rings is 2. The zero-order chi connectivity index (χ0) is 26.3. The molecule has 0 bridgehead atoms. The van der Waals surface area contributed by atoms with Gasteiger partial charge < -0.3 is 15.4 Å². The van der Waals surface area contributed by atoms with E-state index in [9.17, 15) is 18.0 Å². The first-order valence-corrected chi connectivity index (χ1v) is 13.7. The highest BCUT2D eigenvalue weighted by atomic mass is 32.2. The van der Waals surface area contributed by atoms with Crippen LogP contribution < -0.4 is 10.5 Å². The lowest BCUT2D eigenvalue weighted by molar-refractivity contribution is -0.156. The van der Waals surface area contributed by atoms with E-state index in [1.807, 2.05) is 0 Å². The molecule has 2 aromatic carbocycles. The molecule has 0 radical (unpaired) electrons. The standard InChI is InChI=1S/C25H30N4O5S2/c1-25(2,3)34-22(30)16-21(28-36(32,33)20-12-8-5-9-13-20)29(15-14-19-17-35-24(26)27-19)23(31)18-10-6-4-7-11-18/h4-13,17,21,28H,14-16H2,1-3H3,(H2,26,27)/t21-/m1/s1. The van der Waals surface area contributed by atoms with Crippen LogP contribution in [0.4, 0.5) is 5.13 Å². The van der Waals surface area contributed by atoms with Gasteiger partial charge in [-0.3, -0.25) is 9.59 Å². The molecule has 3 N–H and O–H groups in total. The number of rotatable bonds is 10. The Bertz CT molecular complexity index is 1270. The van der Waals surface area contributed by atoms with E-state index >= 15 is 0 Å². The number of hydrogen-bond donors (Lipinski definition) is 2. The van der Waals surface area contributed by atoms with E-state index < -0.39 is 33.7 Å². The highest BCUT2D eigenvalue weighted by molar-refractivity contribution is 7.89. The van der Waals surface area contributed by atoms with Crippen molar-refractivity contribution in [3.63, 3.8) is 0 Å². The predicted molar refractivity (Wildman–Crippen MR) is 139 cm³/mol. The van der Waals surface area contributed by atoms with Crippen molar-refractivity contribution in [2.75, 3.05) is 12.3 Å². The van der Waals surface area contributed by atoms with Crippen LogP contribution >= 0.6 is 11.3 Å². The van der Waals surface area contributed by atoms with Gasteiger partial charge in [0.05, 0.1) is 17.0 Å². The van der Waals surface area contributed by atoms with Crippen LogP contribution in [0.3, 0.4) is 0 Å². The number of ether oxygens (including phenoxy) is 1. The molecule has 0 aliphatic rings. The number of amides is 1. The van der Waals surface area contributed by atoms with E-state index in [4.69, 9.17) is 10.5 Å². The summed E-state index contributed by atoms with van der Waals surface area (Å²) in [5.41, 5.74) is 5.96. The molecule has 1 amide bonds. The molecule has 0 fully saturated rings. The Morgan fingerprint density at radius 3 is 2.25 bits per heavy atom. The van der Waals surface area contributed by atoms with Crippen molar-refractivity contribution in [1.82, 2.24) is 14.6 Å². The summed E-state index contributed by atoms with van der Waals surface area (Å²) in [7, 11) is -4.07. The molecule has 36 heavy (non-hydrogen) atoms. The zero-order valence-corrected chi connectivity index (χ0v) is 22.0. The average molecular weight is 531 g/mol. The zero-order valence-electron chi connectivity index (χ0n) is 20.4. The Balaban J connectivity index is 1.98. The average Bonchev–Trinajstić information content (AvgIpc) is 3.23. The maximum Gasteiger partial charge on any atom is 0.309 e. The molecule has 0 spiro atoms. The van der Waals surface area contributed by atoms with Gasteiger partial charge in [-0.05, 0) is 45.0 Å². The summed E-state index contributed by atoms with van der Waals surface area (Å²) in [5, 5.41) is 2.17. The van der Waals surface area contributed by atoms with Gasteiger partial charge in [-0.15, -0.1) is 11.3 Å². The quantitative estimate of drug-likeness (QED) is 0.303. The molecular formula is C25H30N4O5S2. The summed E-state index contributed by atoms with van der Waals surface area (Å²) >= 11 is 1.27. The van der Waals surface area contributed by atoms with Crippen LogP contribution in [0, 0.1) is 0 Å². The number of nitrogen functional groups attached to an aromatic ring is 1. The van der Waals surface area contributed by atoms with Crippen LogP contribution in [0.1, 0.15) is 43.2 Å². The van der Waals surface area contributed by atoms with E-state index in [0.717, 1.165) is 0 Å². The number of nitrogens with zero attached hydrogens (tertiary/aromatic N) is 2. The Morgan fingerprint density at radius 2 is 1.69 bits per heavy atom. The highest BCUT2D eigenvalue weighted by Gasteiger charge is 2.32. The topological polar surface area (TPSA) is 132 Å². The summed E-state index contributed by atoms with van der Waals surface area (Å²) in [4.78, 5) is 32.0. The van der Waals surface area contributed by atoms with Gasteiger partial charge in [0, 0.05) is 23.9 Å². The number of sulfonamides is 1. The highest BCUT2D eigenvalue weighted by Crippen LogP contribution is 2.19. The van der Waals surface area contributed by atoms with Crippen LogP contribution in [0.5, 0.6) is 0 Å². The van der Waals surface area contributed by atoms with Crippen molar-refractivity contribution in [2.45, 2.75) is 50.3 Å². The predicted octanol–water partition coefficient (Wildman–Crippen LogP) is 3.45. The molecule has 0 unspecified atom stereocenters. The van der Waals surface area contributed by atoms with Crippen LogP contribution in [0.2, 0.25) is 0 Å². The lowest BCUT2D eigenvalue weighted by Gasteiger charge is -2.32. The Labute approximate surface area is 215 Å². The van der Waals surface area contributed by atoms with Crippen molar-refractivity contribution in [3.8, 4) is 0 Å². The molecular weight excluding hydrogens is 500 g/mol. The van der Waals surface area contributed by atoms with Crippen LogP contribution in [0.15, 0.2) is 70.9 Å². The first-order valence-electron chi connectivity index (χ1n) is 11.3. The second-order valence-electron chi connectivity index (χ2n) is 9.03. The third kappa shape index (κ3) is 7.87. The summed E-state index contributed by atoms with van der Waals surface area (Å²) in [5.74, 6) is -1.09. The summed E-state index contributed by atoms with van der Waals surface area (Å²) in [6.45, 7) is 5.23. The number of nitrogens with one attached hydrogen (secondary N) is 1. The number of anilines is 1. The van der Waals surface area contributed by atoms with Crippen LogP contribution in [-0.2, 0) is 26.0 Å². The molecule has 1 aromatic heterocycles. The number of carbonyl (C=O) groups excluding carboxylic acids is 2. The second kappa shape index (κ2) is 11.6. The van der Waals surface area contributed by atoms with E-state index in [0.29, 0.717) is 22.8 Å². The summed E-state index contributed by atoms with van der Waals surface area (Å²) < 4.78 is 34.4. The molecule has 1 atom stereocenters. The number of esters is 1. The summed E-state index contributed by atoms with van der Waals surface area (Å²) in [6, 6.07) is 16.2. The molecule has 192 valence electrons. The SMILES string of the molecule is CC(C)(C)OC(=O)C[C@H](NS(=O)(=O)c1ccccc1)N(CCc1csc(N)n1)C(=O)c1ccccc1. The van der Waals surface area contributed by atoms with Gasteiger partial charge in [0.1, 0.15) is 11.8 Å². The van der Waals surface area contributed by atoms with E-state index in [-0.39, 0.29) is 17.9 Å². The molecule has 0 saturated carbocycles. The van der Waals surface area contributed by atoms with E-state index in [1.165, 1.54) is 28.4 Å². The largest absolute Gasteiger partial charge is 0.460 e. The molecule has 0 aliphatic heterocycles. The van der Waals surface area contributed by atoms with Crippen LogP contribution in [-0.4, -0.2) is 48.5 Å². The Morgan fingerprint density at radius 1 is 1.08 bits per heavy atom. The molecule has 3 aromatic rings. The number of hydrogen-bond acceptors (Lipinski definition) is 8. The molecule has 11 heteroatoms. The minimum atomic E-state index is -4.07. The summed E-state index contributed by atoms with van der Waals surface area (Å²) in [6.07, 6.45) is -1.29. The minimum Gasteiger partial charge on any atom is -0.460 e. The number of thiazole rings is 1. The van der Waals surface area contributed by atoms with Gasteiger partial charge in [0.25, 0.3) is 5.91 Å². The normalized spacial score (nSPS) is 12.6. The second-order valence-corrected chi connectivity index (χ2v) is 11.6. The van der Waals surface area contributed by atoms with Gasteiger partial charge in [-0.1, -0.05) is 36.4 Å². The fourth-order valence-electron chi connectivity index (χ4n) is 3.42. The third-order valence-corrected chi connectivity index (χ3v) is 7.16. The van der Waals surface area contributed by atoms with Crippen molar-refractivity contribution in [2.24, 2.45) is 0 Å². The fourth-order valence-corrected chi connectivity index (χ4v) is 5.24. The maximum absolute atomic E-state index is 13.6. The number of aromatic nitrogens is 1. The molecule has 3 rings (SSSR count). The first kappa shape index (κ1) is 27.3. The van der Waals surface area contributed by atoms with E-state index in [2.05, 4.69) is 9.71 Å². The molecule has 1 heterocycles. The maximum atomic E-state index is 13.6.